The van der Waals surface area contributed by atoms with Crippen LogP contribution in [0.2, 0.25) is 0 Å². The molecule has 0 spiro atoms. The van der Waals surface area contributed by atoms with Crippen LogP contribution in [0.3, 0.4) is 0 Å². The molecule has 0 radical (unpaired) electrons. The molecule has 1 atom stereocenters. The Labute approximate surface area is 158 Å². The second-order valence-corrected chi connectivity index (χ2v) is 6.82. The van der Waals surface area contributed by atoms with Crippen LogP contribution in [0.25, 0.3) is 10.8 Å². The number of rotatable bonds is 4. The Morgan fingerprint density at radius 2 is 2.00 bits per heavy atom. The predicted octanol–water partition coefficient (Wildman–Crippen LogP) is 3.85. The van der Waals surface area contributed by atoms with Crippen LogP contribution >= 0.6 is 0 Å². The highest BCUT2D eigenvalue weighted by molar-refractivity contribution is 6.05. The molecule has 2 aromatic carbocycles. The van der Waals surface area contributed by atoms with Crippen molar-refractivity contribution < 1.29 is 9.59 Å². The molecule has 0 aliphatic carbocycles. The Bertz CT molecular complexity index is 1010. The van der Waals surface area contributed by atoms with E-state index >= 15 is 0 Å². The van der Waals surface area contributed by atoms with Crippen molar-refractivity contribution in [3.05, 3.63) is 72.1 Å². The summed E-state index contributed by atoms with van der Waals surface area (Å²) < 4.78 is 0. The summed E-state index contributed by atoms with van der Waals surface area (Å²) in [6.07, 6.45) is 3.15. The van der Waals surface area contributed by atoms with Gasteiger partial charge in [-0.15, -0.1) is 0 Å². The fraction of sp³-hybridized carbons (Fsp3) is 0.227. The van der Waals surface area contributed by atoms with Gasteiger partial charge in [0.05, 0.1) is 6.04 Å². The van der Waals surface area contributed by atoms with Gasteiger partial charge in [-0.1, -0.05) is 36.4 Å². The number of anilines is 1. The van der Waals surface area contributed by atoms with Crippen LogP contribution in [0.1, 0.15) is 41.9 Å². The predicted molar refractivity (Wildman–Crippen MR) is 106 cm³/mol. The van der Waals surface area contributed by atoms with Crippen molar-refractivity contribution in [2.75, 3.05) is 11.4 Å². The molecule has 1 aliphatic rings. The minimum Gasteiger partial charge on any atom is -0.344 e. The van der Waals surface area contributed by atoms with Gasteiger partial charge in [0.1, 0.15) is 5.69 Å². The topological polar surface area (TPSA) is 62.3 Å². The highest BCUT2D eigenvalue weighted by Crippen LogP contribution is 2.25. The number of carbonyl (C=O) groups is 2. The molecule has 1 unspecified atom stereocenters. The first kappa shape index (κ1) is 17.2. The van der Waals surface area contributed by atoms with Crippen molar-refractivity contribution >= 4 is 28.3 Å². The standard InChI is InChI=1S/C22H21N3O2/c1-15(17-7-4-8-18(14-17)25-13-5-10-20(25)26)24-22(27)21-19-9-3-2-6-16(19)11-12-23-21/h2-4,6-9,11-12,14-15H,5,10,13H2,1H3,(H,24,27). The molecule has 5 nitrogen and oxygen atoms in total. The Kier molecular flexibility index (Phi) is 4.59. The van der Waals surface area contributed by atoms with Gasteiger partial charge in [0.15, 0.2) is 0 Å². The van der Waals surface area contributed by atoms with Gasteiger partial charge < -0.3 is 10.2 Å². The van der Waals surface area contributed by atoms with Crippen LogP contribution in [0.4, 0.5) is 5.69 Å². The van der Waals surface area contributed by atoms with E-state index in [4.69, 9.17) is 0 Å². The van der Waals surface area contributed by atoms with E-state index < -0.39 is 0 Å². The molecule has 5 heteroatoms. The maximum absolute atomic E-state index is 12.8. The van der Waals surface area contributed by atoms with Crippen molar-refractivity contribution in [2.24, 2.45) is 0 Å². The second kappa shape index (κ2) is 7.19. The number of fused-ring (bicyclic) bond motifs is 1. The van der Waals surface area contributed by atoms with Crippen molar-refractivity contribution in [3.63, 3.8) is 0 Å². The zero-order valence-electron chi connectivity index (χ0n) is 15.2. The molecule has 1 aliphatic heterocycles. The van der Waals surface area contributed by atoms with E-state index in [9.17, 15) is 9.59 Å². The number of hydrogen-bond acceptors (Lipinski definition) is 3. The summed E-state index contributed by atoms with van der Waals surface area (Å²) in [4.78, 5) is 30.9. The molecule has 1 aromatic heterocycles. The van der Waals surface area contributed by atoms with Crippen LogP contribution in [0.5, 0.6) is 0 Å². The number of amides is 2. The molecule has 2 heterocycles. The zero-order valence-corrected chi connectivity index (χ0v) is 15.2. The highest BCUT2D eigenvalue weighted by Gasteiger charge is 2.22. The van der Waals surface area contributed by atoms with Gasteiger partial charge in [-0.3, -0.25) is 14.6 Å². The molecular formula is C22H21N3O2. The van der Waals surface area contributed by atoms with Crippen LogP contribution in [0.15, 0.2) is 60.8 Å². The number of pyridine rings is 1. The lowest BCUT2D eigenvalue weighted by Crippen LogP contribution is -2.28. The van der Waals surface area contributed by atoms with Gasteiger partial charge in [0.2, 0.25) is 5.91 Å². The normalized spacial score (nSPS) is 15.1. The van der Waals surface area contributed by atoms with Crippen molar-refractivity contribution in [2.45, 2.75) is 25.8 Å². The van der Waals surface area contributed by atoms with E-state index in [2.05, 4.69) is 10.3 Å². The third kappa shape index (κ3) is 3.40. The Balaban J connectivity index is 1.56. The third-order valence-electron chi connectivity index (χ3n) is 4.99. The first-order valence-corrected chi connectivity index (χ1v) is 9.18. The lowest BCUT2D eigenvalue weighted by atomic mass is 10.1. The molecule has 0 bridgehead atoms. The molecule has 4 rings (SSSR count). The largest absolute Gasteiger partial charge is 0.344 e. The van der Waals surface area contributed by atoms with E-state index in [1.807, 2.05) is 66.4 Å². The van der Waals surface area contributed by atoms with Gasteiger partial charge in [0, 0.05) is 30.2 Å². The molecule has 27 heavy (non-hydrogen) atoms. The van der Waals surface area contributed by atoms with Crippen molar-refractivity contribution in [3.8, 4) is 0 Å². The smallest absolute Gasteiger partial charge is 0.270 e. The molecular weight excluding hydrogens is 338 g/mol. The molecule has 136 valence electrons. The van der Waals surface area contributed by atoms with E-state index in [1.165, 1.54) is 0 Å². The van der Waals surface area contributed by atoms with Gasteiger partial charge in [-0.25, -0.2) is 0 Å². The minimum absolute atomic E-state index is 0.156. The zero-order chi connectivity index (χ0) is 18.8. The number of hydrogen-bond donors (Lipinski definition) is 1. The molecule has 0 saturated carbocycles. The van der Waals surface area contributed by atoms with E-state index in [0.29, 0.717) is 12.1 Å². The minimum atomic E-state index is -0.207. The van der Waals surface area contributed by atoms with Gasteiger partial charge in [0.25, 0.3) is 5.91 Å². The molecule has 1 saturated heterocycles. The van der Waals surface area contributed by atoms with Crippen molar-refractivity contribution in [1.82, 2.24) is 10.3 Å². The SMILES string of the molecule is CC(NC(=O)c1nccc2ccccc12)c1cccc(N2CCCC2=O)c1. The average molecular weight is 359 g/mol. The maximum atomic E-state index is 12.8. The monoisotopic (exact) mass is 359 g/mol. The van der Waals surface area contributed by atoms with Crippen LogP contribution in [0, 0.1) is 0 Å². The lowest BCUT2D eigenvalue weighted by Gasteiger charge is -2.19. The fourth-order valence-electron chi connectivity index (χ4n) is 3.53. The quantitative estimate of drug-likeness (QED) is 0.769. The van der Waals surface area contributed by atoms with Gasteiger partial charge >= 0.3 is 0 Å². The van der Waals surface area contributed by atoms with E-state index in [-0.39, 0.29) is 17.9 Å². The summed E-state index contributed by atoms with van der Waals surface area (Å²) in [5, 5.41) is 4.85. The summed E-state index contributed by atoms with van der Waals surface area (Å²) >= 11 is 0. The van der Waals surface area contributed by atoms with Gasteiger partial charge in [-0.2, -0.15) is 0 Å². The number of nitrogens with one attached hydrogen (secondary N) is 1. The molecule has 1 N–H and O–H groups in total. The third-order valence-corrected chi connectivity index (χ3v) is 4.99. The number of carbonyl (C=O) groups excluding carboxylic acids is 2. The average Bonchev–Trinajstić information content (AvgIpc) is 3.13. The fourth-order valence-corrected chi connectivity index (χ4v) is 3.53. The first-order valence-electron chi connectivity index (χ1n) is 9.18. The number of nitrogens with zero attached hydrogens (tertiary/aromatic N) is 2. The lowest BCUT2D eigenvalue weighted by molar-refractivity contribution is -0.117. The number of aromatic nitrogens is 1. The summed E-state index contributed by atoms with van der Waals surface area (Å²) in [6.45, 7) is 2.69. The Morgan fingerprint density at radius 1 is 1.15 bits per heavy atom. The van der Waals surface area contributed by atoms with E-state index in [0.717, 1.165) is 35.0 Å². The summed E-state index contributed by atoms with van der Waals surface area (Å²) in [5.41, 5.74) is 2.27. The first-order chi connectivity index (χ1) is 13.1. The second-order valence-electron chi connectivity index (χ2n) is 6.82. The van der Waals surface area contributed by atoms with E-state index in [1.54, 1.807) is 6.20 Å². The number of benzene rings is 2. The van der Waals surface area contributed by atoms with Crippen molar-refractivity contribution in [1.29, 1.82) is 0 Å². The maximum Gasteiger partial charge on any atom is 0.270 e. The molecule has 2 amide bonds. The molecule has 1 fully saturated rings. The Hall–Kier alpha value is -3.21. The van der Waals surface area contributed by atoms with Crippen LogP contribution in [-0.4, -0.2) is 23.3 Å². The highest BCUT2D eigenvalue weighted by atomic mass is 16.2. The summed E-state index contributed by atoms with van der Waals surface area (Å²) in [7, 11) is 0. The summed E-state index contributed by atoms with van der Waals surface area (Å²) in [6, 6.07) is 17.2. The van der Waals surface area contributed by atoms with Crippen LogP contribution < -0.4 is 10.2 Å². The summed E-state index contributed by atoms with van der Waals surface area (Å²) in [5.74, 6) is -0.0502. The molecule has 3 aromatic rings. The Morgan fingerprint density at radius 3 is 2.81 bits per heavy atom. The van der Waals surface area contributed by atoms with Gasteiger partial charge in [-0.05, 0) is 42.5 Å². The van der Waals surface area contributed by atoms with Crippen LogP contribution in [-0.2, 0) is 4.79 Å².